The largest absolute Gasteiger partial charge is 0.493 e. The molecule has 0 N–H and O–H groups in total. The number of aryl methyl sites for hydroxylation is 1. The van der Waals surface area contributed by atoms with Crippen molar-refractivity contribution in [3.8, 4) is 17.2 Å². The van der Waals surface area contributed by atoms with Crippen molar-refractivity contribution in [1.82, 2.24) is 14.8 Å². The molecule has 0 saturated carbocycles. The van der Waals surface area contributed by atoms with Crippen LogP contribution in [0.25, 0.3) is 5.69 Å². The zero-order chi connectivity index (χ0) is 25.7. The minimum absolute atomic E-state index is 0.343. The van der Waals surface area contributed by atoms with Crippen molar-refractivity contribution >= 4 is 27.7 Å². The van der Waals surface area contributed by atoms with Gasteiger partial charge in [0, 0.05) is 15.1 Å². The van der Waals surface area contributed by atoms with Crippen molar-refractivity contribution < 1.29 is 18.8 Å². The zero-order valence-corrected chi connectivity index (χ0v) is 21.8. The Morgan fingerprint density at radius 2 is 1.81 bits per heavy atom. The lowest BCUT2D eigenvalue weighted by Gasteiger charge is -2.17. The van der Waals surface area contributed by atoms with E-state index in [1.54, 1.807) is 41.8 Å². The van der Waals surface area contributed by atoms with Crippen LogP contribution in [-0.4, -0.2) is 33.3 Å². The summed E-state index contributed by atoms with van der Waals surface area (Å²) in [6, 6.07) is 19.0. The minimum atomic E-state index is -0.586. The van der Waals surface area contributed by atoms with E-state index >= 15 is 0 Å². The van der Waals surface area contributed by atoms with Crippen LogP contribution < -0.4 is 9.47 Å². The molecule has 0 amide bonds. The third-order valence-electron chi connectivity index (χ3n) is 5.31. The molecule has 8 nitrogen and oxygen atoms in total. The van der Waals surface area contributed by atoms with Gasteiger partial charge in [-0.25, -0.2) is 4.39 Å². The molecule has 36 heavy (non-hydrogen) atoms. The Morgan fingerprint density at radius 1 is 1.08 bits per heavy atom. The molecule has 0 aliphatic rings. The first kappa shape index (κ1) is 25.6. The van der Waals surface area contributed by atoms with Crippen molar-refractivity contribution in [2.45, 2.75) is 23.9 Å². The number of thioether (sulfide) groups is 1. The van der Waals surface area contributed by atoms with E-state index in [9.17, 15) is 14.5 Å². The van der Waals surface area contributed by atoms with Crippen LogP contribution >= 0.6 is 27.7 Å². The molecule has 11 heteroatoms. The first-order chi connectivity index (χ1) is 17.3. The van der Waals surface area contributed by atoms with Gasteiger partial charge in [-0.2, -0.15) is 0 Å². The van der Waals surface area contributed by atoms with Gasteiger partial charge >= 0.3 is 0 Å². The molecule has 0 aliphatic carbocycles. The number of hydrogen-bond donors (Lipinski definition) is 0. The summed E-state index contributed by atoms with van der Waals surface area (Å²) in [6.45, 7) is 1.77. The maximum absolute atomic E-state index is 13.4. The van der Waals surface area contributed by atoms with Gasteiger partial charge in [0.15, 0.2) is 16.7 Å². The number of benzene rings is 3. The van der Waals surface area contributed by atoms with E-state index < -0.39 is 5.25 Å². The Labute approximate surface area is 219 Å². The van der Waals surface area contributed by atoms with Crippen molar-refractivity contribution in [2.24, 2.45) is 0 Å². The van der Waals surface area contributed by atoms with Gasteiger partial charge in [0.1, 0.15) is 23.5 Å². The predicted molar refractivity (Wildman–Crippen MR) is 138 cm³/mol. The lowest BCUT2D eigenvalue weighted by molar-refractivity contribution is -0.479. The van der Waals surface area contributed by atoms with Gasteiger partial charge in [0.25, 0.3) is 0 Å². The maximum atomic E-state index is 13.4. The van der Waals surface area contributed by atoms with Gasteiger partial charge in [-0.05, 0) is 66.6 Å². The van der Waals surface area contributed by atoms with Crippen molar-refractivity contribution in [3.63, 3.8) is 0 Å². The van der Waals surface area contributed by atoms with E-state index in [0.29, 0.717) is 40.3 Å². The quantitative estimate of drug-likeness (QED) is 0.127. The highest BCUT2D eigenvalue weighted by Gasteiger charge is 2.25. The number of halogens is 2. The van der Waals surface area contributed by atoms with Crippen LogP contribution in [0.3, 0.4) is 0 Å². The average Bonchev–Trinajstić information content (AvgIpc) is 3.23. The summed E-state index contributed by atoms with van der Waals surface area (Å²) < 4.78 is 27.6. The standard InChI is InChI=1S/C25H22BrFN4O4S/c1-16-28-29-25(31(16)21-10-8-20(27)9-11-21)36-24(14-30(32)33)18-5-12-22(23(13-18)34-2)35-15-17-3-6-19(26)7-4-17/h3-13,24H,14-15H2,1-2H3/t24-/m0/s1. The molecule has 1 aromatic heterocycles. The first-order valence-electron chi connectivity index (χ1n) is 10.9. The molecule has 186 valence electrons. The molecule has 3 aromatic carbocycles. The van der Waals surface area contributed by atoms with Crippen LogP contribution in [0.2, 0.25) is 0 Å². The number of rotatable bonds is 10. The number of nitrogens with zero attached hydrogens (tertiary/aromatic N) is 4. The van der Waals surface area contributed by atoms with Gasteiger partial charge in [0.05, 0.1) is 7.11 Å². The second-order valence-electron chi connectivity index (χ2n) is 7.79. The van der Waals surface area contributed by atoms with Gasteiger partial charge in [0.2, 0.25) is 6.54 Å². The fourth-order valence-electron chi connectivity index (χ4n) is 3.53. The van der Waals surface area contributed by atoms with E-state index in [1.807, 2.05) is 24.3 Å². The summed E-state index contributed by atoms with van der Waals surface area (Å²) >= 11 is 4.62. The SMILES string of the molecule is COc1cc([C@H](C[N+](=O)[O-])Sc2nnc(C)n2-c2ccc(F)cc2)ccc1OCc1ccc(Br)cc1. The van der Waals surface area contributed by atoms with Crippen LogP contribution in [0.5, 0.6) is 11.5 Å². The zero-order valence-electron chi connectivity index (χ0n) is 19.4. The topological polar surface area (TPSA) is 92.3 Å². The number of ether oxygens (including phenoxy) is 2. The molecule has 0 unspecified atom stereocenters. The van der Waals surface area contributed by atoms with Gasteiger partial charge in [-0.1, -0.05) is 45.9 Å². The Morgan fingerprint density at radius 3 is 2.47 bits per heavy atom. The Kier molecular flexibility index (Phi) is 8.21. The van der Waals surface area contributed by atoms with Crippen LogP contribution in [0, 0.1) is 22.9 Å². The normalized spacial score (nSPS) is 11.8. The molecule has 0 bridgehead atoms. The van der Waals surface area contributed by atoms with Gasteiger partial charge < -0.3 is 9.47 Å². The van der Waals surface area contributed by atoms with Crippen LogP contribution in [0.15, 0.2) is 76.4 Å². The van der Waals surface area contributed by atoms with E-state index in [-0.39, 0.29) is 17.3 Å². The predicted octanol–water partition coefficient (Wildman–Crippen LogP) is 6.18. The van der Waals surface area contributed by atoms with Gasteiger partial charge in [-0.15, -0.1) is 10.2 Å². The third-order valence-corrected chi connectivity index (χ3v) is 7.02. The summed E-state index contributed by atoms with van der Waals surface area (Å²) in [4.78, 5) is 11.2. The number of nitro groups is 1. The molecule has 1 heterocycles. The molecule has 1 atom stereocenters. The Bertz CT molecular complexity index is 1350. The van der Waals surface area contributed by atoms with E-state index in [4.69, 9.17) is 9.47 Å². The van der Waals surface area contributed by atoms with Crippen LogP contribution in [-0.2, 0) is 6.61 Å². The molecule has 4 rings (SSSR count). The summed E-state index contributed by atoms with van der Waals surface area (Å²) in [7, 11) is 1.52. The lowest BCUT2D eigenvalue weighted by atomic mass is 10.1. The van der Waals surface area contributed by atoms with E-state index in [1.165, 1.54) is 31.0 Å². The summed E-state index contributed by atoms with van der Waals surface area (Å²) in [5.41, 5.74) is 2.33. The lowest BCUT2D eigenvalue weighted by Crippen LogP contribution is -2.11. The summed E-state index contributed by atoms with van der Waals surface area (Å²) in [6.07, 6.45) is 0. The fraction of sp³-hybridized carbons (Fsp3) is 0.200. The summed E-state index contributed by atoms with van der Waals surface area (Å²) in [5, 5.41) is 19.7. The van der Waals surface area contributed by atoms with Crippen molar-refractivity contribution in [2.75, 3.05) is 13.7 Å². The number of hydrogen-bond acceptors (Lipinski definition) is 7. The highest BCUT2D eigenvalue weighted by molar-refractivity contribution is 9.10. The molecular formula is C25H22BrFN4O4S. The third kappa shape index (κ3) is 6.21. The van der Waals surface area contributed by atoms with E-state index in [2.05, 4.69) is 26.1 Å². The molecule has 0 spiro atoms. The minimum Gasteiger partial charge on any atom is -0.493 e. The van der Waals surface area contributed by atoms with Crippen molar-refractivity contribution in [1.29, 1.82) is 0 Å². The number of aromatic nitrogens is 3. The second kappa shape index (κ2) is 11.5. The van der Waals surface area contributed by atoms with Crippen molar-refractivity contribution in [3.05, 3.63) is 104 Å². The average molecular weight is 573 g/mol. The van der Waals surface area contributed by atoms with Crippen LogP contribution in [0.4, 0.5) is 4.39 Å². The first-order valence-corrected chi connectivity index (χ1v) is 12.5. The molecule has 0 radical (unpaired) electrons. The highest BCUT2D eigenvalue weighted by Crippen LogP contribution is 2.39. The highest BCUT2D eigenvalue weighted by atomic mass is 79.9. The number of methoxy groups -OCH3 is 1. The molecule has 4 aromatic rings. The molecule has 0 aliphatic heterocycles. The molecular weight excluding hydrogens is 551 g/mol. The smallest absolute Gasteiger partial charge is 0.220 e. The van der Waals surface area contributed by atoms with Gasteiger partial charge in [-0.3, -0.25) is 14.7 Å². The van der Waals surface area contributed by atoms with E-state index in [0.717, 1.165) is 10.0 Å². The Balaban J connectivity index is 1.59. The fourth-order valence-corrected chi connectivity index (χ4v) is 4.95. The molecule has 0 saturated heterocycles. The van der Waals surface area contributed by atoms with Crippen LogP contribution in [0.1, 0.15) is 22.2 Å². The molecule has 0 fully saturated rings. The maximum Gasteiger partial charge on any atom is 0.220 e. The monoisotopic (exact) mass is 572 g/mol. The second-order valence-corrected chi connectivity index (χ2v) is 9.87. The summed E-state index contributed by atoms with van der Waals surface area (Å²) in [5.74, 6) is 1.21. The Hall–Kier alpha value is -3.44.